The molecule has 0 unspecified atom stereocenters. The van der Waals surface area contributed by atoms with Crippen molar-refractivity contribution in [2.24, 2.45) is 0 Å². The number of benzene rings is 3. The summed E-state index contributed by atoms with van der Waals surface area (Å²) in [6, 6.07) is 17.1. The molecule has 0 radical (unpaired) electrons. The van der Waals surface area contributed by atoms with Crippen LogP contribution < -0.4 is 16.4 Å². The van der Waals surface area contributed by atoms with Crippen LogP contribution in [0.3, 0.4) is 0 Å². The highest BCUT2D eigenvalue weighted by Gasteiger charge is 2.31. The first kappa shape index (κ1) is 30.8. The second-order valence-electron chi connectivity index (χ2n) is 6.75. The summed E-state index contributed by atoms with van der Waals surface area (Å²) in [5.41, 5.74) is -0.937. The van der Waals surface area contributed by atoms with E-state index in [0.29, 0.717) is 22.1 Å². The van der Waals surface area contributed by atoms with Crippen LogP contribution in [0.1, 0.15) is 16.7 Å². The fourth-order valence-corrected chi connectivity index (χ4v) is 2.50. The molecule has 0 aliphatic carbocycles. The molecule has 0 bridgehead atoms. The Morgan fingerprint density at radius 2 is 1.05 bits per heavy atom. The number of hydrogen-bond donors (Lipinski definition) is 6. The zero-order chi connectivity index (χ0) is 28.3. The molecule has 0 saturated heterocycles. The van der Waals surface area contributed by atoms with E-state index in [9.17, 15) is 17.6 Å². The standard InChI is InChI=1S/C7H2BF4NO2.2C7H6BNO2/c9-4-2(1-13)3(8(14)15)5(10)7(12)6(4)11;9-5-6-1-3-7(4-2-6)8(10)11;9-5-6-2-1-3-7(4-6)8(10)11/h14-15H;2*1-4,10-11H. The lowest BCUT2D eigenvalue weighted by molar-refractivity contribution is 0.397. The SMILES string of the molecule is N#Cc1c(F)c(F)c(F)c(F)c1B(O)O.N#Cc1ccc(B(O)O)cc1.N#Cc1cccc(B(O)O)c1. The van der Waals surface area contributed by atoms with Gasteiger partial charge in [0.25, 0.3) is 0 Å². The highest BCUT2D eigenvalue weighted by molar-refractivity contribution is 6.59. The summed E-state index contributed by atoms with van der Waals surface area (Å²) in [5, 5.41) is 77.0. The molecule has 3 rings (SSSR count). The van der Waals surface area contributed by atoms with Gasteiger partial charge in [0.1, 0.15) is 6.07 Å². The van der Waals surface area contributed by atoms with Crippen LogP contribution in [-0.4, -0.2) is 51.5 Å². The molecule has 0 saturated carbocycles. The fourth-order valence-electron chi connectivity index (χ4n) is 2.50. The number of hydrogen-bond acceptors (Lipinski definition) is 9. The molecule has 16 heteroatoms. The molecule has 0 fully saturated rings. The third-order valence-corrected chi connectivity index (χ3v) is 4.33. The second-order valence-corrected chi connectivity index (χ2v) is 6.75. The van der Waals surface area contributed by atoms with Gasteiger partial charge in [-0.3, -0.25) is 0 Å². The van der Waals surface area contributed by atoms with E-state index in [1.807, 2.05) is 12.1 Å². The summed E-state index contributed by atoms with van der Waals surface area (Å²) in [7, 11) is -5.56. The van der Waals surface area contributed by atoms with Gasteiger partial charge in [0.15, 0.2) is 23.3 Å². The maximum atomic E-state index is 12.9. The van der Waals surface area contributed by atoms with Crippen LogP contribution in [-0.2, 0) is 0 Å². The van der Waals surface area contributed by atoms with Gasteiger partial charge >= 0.3 is 21.4 Å². The molecule has 6 N–H and O–H groups in total. The summed E-state index contributed by atoms with van der Waals surface area (Å²) < 4.78 is 50.9. The van der Waals surface area contributed by atoms with Crippen molar-refractivity contribution in [3.63, 3.8) is 0 Å². The number of nitriles is 3. The first-order valence-electron chi connectivity index (χ1n) is 9.73. The zero-order valence-electron chi connectivity index (χ0n) is 18.4. The predicted molar refractivity (Wildman–Crippen MR) is 123 cm³/mol. The van der Waals surface area contributed by atoms with Crippen molar-refractivity contribution in [3.05, 3.63) is 88.5 Å². The third kappa shape index (κ3) is 8.46. The van der Waals surface area contributed by atoms with E-state index in [2.05, 4.69) is 0 Å². The Hall–Kier alpha value is -4.20. The van der Waals surface area contributed by atoms with Gasteiger partial charge in [-0.05, 0) is 35.2 Å². The van der Waals surface area contributed by atoms with Crippen molar-refractivity contribution in [2.75, 3.05) is 0 Å². The van der Waals surface area contributed by atoms with E-state index in [0.717, 1.165) is 6.07 Å². The fraction of sp³-hybridized carbons (Fsp3) is 0. The van der Waals surface area contributed by atoms with Crippen LogP contribution in [0.25, 0.3) is 0 Å². The van der Waals surface area contributed by atoms with Gasteiger partial charge in [-0.1, -0.05) is 24.3 Å². The lowest BCUT2D eigenvalue weighted by Gasteiger charge is -2.07. The smallest absolute Gasteiger partial charge is 0.423 e. The monoisotopic (exact) mass is 513 g/mol. The molecule has 186 valence electrons. The molecule has 0 aliphatic heterocycles. The maximum Gasteiger partial charge on any atom is 0.493 e. The van der Waals surface area contributed by atoms with Gasteiger partial charge in [-0.15, -0.1) is 0 Å². The van der Waals surface area contributed by atoms with E-state index in [1.54, 1.807) is 18.2 Å². The van der Waals surface area contributed by atoms with E-state index >= 15 is 0 Å². The molecule has 37 heavy (non-hydrogen) atoms. The lowest BCUT2D eigenvalue weighted by atomic mass is 9.76. The summed E-state index contributed by atoms with van der Waals surface area (Å²) in [4.78, 5) is 0. The molecule has 0 heterocycles. The predicted octanol–water partition coefficient (Wildman–Crippen LogP) is -1.73. The van der Waals surface area contributed by atoms with Gasteiger partial charge in [-0.25, -0.2) is 17.6 Å². The average Bonchev–Trinajstić information content (AvgIpc) is 2.89. The van der Waals surface area contributed by atoms with E-state index < -0.39 is 55.7 Å². The van der Waals surface area contributed by atoms with Gasteiger partial charge in [-0.2, -0.15) is 15.8 Å². The van der Waals surface area contributed by atoms with Crippen molar-refractivity contribution >= 4 is 37.7 Å². The van der Waals surface area contributed by atoms with Crippen LogP contribution >= 0.6 is 0 Å². The second kappa shape index (κ2) is 14.4. The molecule has 0 amide bonds. The number of nitrogens with zero attached hydrogens (tertiary/aromatic N) is 3. The van der Waals surface area contributed by atoms with Crippen LogP contribution in [0.2, 0.25) is 0 Å². The van der Waals surface area contributed by atoms with Crippen LogP contribution in [0, 0.1) is 57.3 Å². The normalized spacial score (nSPS) is 9.27. The van der Waals surface area contributed by atoms with Gasteiger partial charge in [0, 0.05) is 5.46 Å². The minimum Gasteiger partial charge on any atom is -0.423 e. The summed E-state index contributed by atoms with van der Waals surface area (Å²) in [5.74, 6) is -8.33. The number of rotatable bonds is 3. The third-order valence-electron chi connectivity index (χ3n) is 4.33. The van der Waals surface area contributed by atoms with E-state index in [1.165, 1.54) is 30.3 Å². The Morgan fingerprint density at radius 3 is 1.49 bits per heavy atom. The quantitative estimate of drug-likeness (QED) is 0.102. The molecule has 3 aromatic carbocycles. The first-order chi connectivity index (χ1) is 17.4. The van der Waals surface area contributed by atoms with Crippen molar-refractivity contribution < 1.29 is 47.7 Å². The minimum absolute atomic E-state index is 0.337. The zero-order valence-corrected chi connectivity index (χ0v) is 18.4. The van der Waals surface area contributed by atoms with Crippen LogP contribution in [0.15, 0.2) is 48.5 Å². The molecule has 0 aromatic heterocycles. The summed E-state index contributed by atoms with van der Waals surface area (Å²) in [6.45, 7) is 0. The summed E-state index contributed by atoms with van der Waals surface area (Å²) >= 11 is 0. The molecule has 0 spiro atoms. The van der Waals surface area contributed by atoms with Gasteiger partial charge < -0.3 is 30.1 Å². The first-order valence-corrected chi connectivity index (χ1v) is 9.73. The highest BCUT2D eigenvalue weighted by Crippen LogP contribution is 2.16. The Balaban J connectivity index is 0.000000283. The Bertz CT molecular complexity index is 1360. The number of halogens is 4. The highest BCUT2D eigenvalue weighted by atomic mass is 19.2. The van der Waals surface area contributed by atoms with E-state index in [-0.39, 0.29) is 0 Å². The Kier molecular flexibility index (Phi) is 12.0. The topological polar surface area (TPSA) is 193 Å². The minimum atomic E-state index is -2.61. The molecule has 9 nitrogen and oxygen atoms in total. The lowest BCUT2D eigenvalue weighted by Crippen LogP contribution is -2.37. The van der Waals surface area contributed by atoms with Gasteiger partial charge in [0.05, 0.1) is 28.8 Å². The molecule has 0 atom stereocenters. The molecular formula is C21H14B3F4N3O6. The van der Waals surface area contributed by atoms with Crippen molar-refractivity contribution in [3.8, 4) is 18.2 Å². The Labute approximate surface area is 208 Å². The van der Waals surface area contributed by atoms with Gasteiger partial charge in [0.2, 0.25) is 0 Å². The van der Waals surface area contributed by atoms with Crippen molar-refractivity contribution in [1.29, 1.82) is 15.8 Å². The van der Waals surface area contributed by atoms with E-state index in [4.69, 9.17) is 45.9 Å². The summed E-state index contributed by atoms with van der Waals surface area (Å²) in [6.07, 6.45) is 0. The van der Waals surface area contributed by atoms with Crippen LogP contribution in [0.5, 0.6) is 0 Å². The Morgan fingerprint density at radius 1 is 0.541 bits per heavy atom. The average molecular weight is 513 g/mol. The van der Waals surface area contributed by atoms with Crippen LogP contribution in [0.4, 0.5) is 17.6 Å². The molecule has 3 aromatic rings. The molecule has 0 aliphatic rings. The van der Waals surface area contributed by atoms with Crippen molar-refractivity contribution in [2.45, 2.75) is 0 Å². The largest absolute Gasteiger partial charge is 0.493 e. The molecular weight excluding hydrogens is 499 g/mol. The van der Waals surface area contributed by atoms with Crippen molar-refractivity contribution in [1.82, 2.24) is 0 Å². The maximum absolute atomic E-state index is 12.9.